The van der Waals surface area contributed by atoms with Crippen molar-refractivity contribution >= 4 is 5.97 Å². The minimum atomic E-state index is -0.937. The normalized spacial score (nSPS) is 10.8. The van der Waals surface area contributed by atoms with Crippen LogP contribution in [0.15, 0.2) is 24.3 Å². The summed E-state index contributed by atoms with van der Waals surface area (Å²) in [5.74, 6) is -0.333. The van der Waals surface area contributed by atoms with E-state index in [-0.39, 0.29) is 5.56 Å². The van der Waals surface area contributed by atoms with Gasteiger partial charge in [-0.3, -0.25) is 0 Å². The number of rotatable bonds is 10. The molecule has 5 nitrogen and oxygen atoms in total. The number of hydrogen-bond acceptors (Lipinski definition) is 4. The van der Waals surface area contributed by atoms with Gasteiger partial charge in [0.15, 0.2) is 0 Å². The fraction of sp³-hybridized carbons (Fsp3) is 0.533. The van der Waals surface area contributed by atoms with Gasteiger partial charge in [-0.1, -0.05) is 6.07 Å². The number of methoxy groups -OCH3 is 1. The summed E-state index contributed by atoms with van der Waals surface area (Å²) >= 11 is 0. The molecule has 0 aromatic heterocycles. The minimum Gasteiger partial charge on any atom is -0.494 e. The van der Waals surface area contributed by atoms with Crippen molar-refractivity contribution in [2.75, 3.05) is 40.5 Å². The van der Waals surface area contributed by atoms with Crippen molar-refractivity contribution in [1.82, 2.24) is 4.90 Å². The molecule has 0 aliphatic rings. The Morgan fingerprint density at radius 3 is 2.60 bits per heavy atom. The zero-order valence-electron chi connectivity index (χ0n) is 12.2. The van der Waals surface area contributed by atoms with Gasteiger partial charge in [0.1, 0.15) is 5.75 Å². The minimum absolute atomic E-state index is 0.249. The van der Waals surface area contributed by atoms with Gasteiger partial charge < -0.3 is 19.5 Å². The molecule has 0 bridgehead atoms. The smallest absolute Gasteiger partial charge is 0.335 e. The maximum atomic E-state index is 10.8. The highest BCUT2D eigenvalue weighted by atomic mass is 16.5. The Morgan fingerprint density at radius 2 is 1.95 bits per heavy atom. The van der Waals surface area contributed by atoms with Gasteiger partial charge in [-0.2, -0.15) is 0 Å². The number of benzene rings is 1. The van der Waals surface area contributed by atoms with Crippen LogP contribution in [-0.4, -0.2) is 56.4 Å². The van der Waals surface area contributed by atoms with Crippen LogP contribution in [0.1, 0.15) is 23.2 Å². The maximum Gasteiger partial charge on any atom is 0.335 e. The molecule has 0 radical (unpaired) electrons. The summed E-state index contributed by atoms with van der Waals surface area (Å²) in [4.78, 5) is 13.1. The molecule has 0 spiro atoms. The van der Waals surface area contributed by atoms with E-state index in [9.17, 15) is 4.79 Å². The second-order valence-corrected chi connectivity index (χ2v) is 4.68. The quantitative estimate of drug-likeness (QED) is 0.666. The molecule has 20 heavy (non-hydrogen) atoms. The van der Waals surface area contributed by atoms with Crippen LogP contribution >= 0.6 is 0 Å². The molecule has 0 amide bonds. The van der Waals surface area contributed by atoms with E-state index in [1.54, 1.807) is 31.4 Å². The molecule has 0 aliphatic carbocycles. The van der Waals surface area contributed by atoms with Crippen LogP contribution in [0, 0.1) is 0 Å². The number of carboxylic acids is 1. The summed E-state index contributed by atoms with van der Waals surface area (Å²) in [6.07, 6.45) is 1.93. The van der Waals surface area contributed by atoms with Gasteiger partial charge in [-0.25, -0.2) is 4.79 Å². The summed E-state index contributed by atoms with van der Waals surface area (Å²) in [5.41, 5.74) is 0.249. The van der Waals surface area contributed by atoms with Gasteiger partial charge >= 0.3 is 5.97 Å². The Labute approximate surface area is 120 Å². The lowest BCUT2D eigenvalue weighted by atomic mass is 10.2. The number of carboxylic acid groups (broad SMARTS) is 1. The van der Waals surface area contributed by atoms with E-state index < -0.39 is 5.97 Å². The van der Waals surface area contributed by atoms with Crippen LogP contribution in [0.5, 0.6) is 5.75 Å². The first-order chi connectivity index (χ1) is 9.63. The van der Waals surface area contributed by atoms with Crippen molar-refractivity contribution in [3.8, 4) is 5.75 Å². The first kappa shape index (κ1) is 16.5. The average molecular weight is 281 g/mol. The van der Waals surface area contributed by atoms with Crippen molar-refractivity contribution in [3.05, 3.63) is 29.8 Å². The Morgan fingerprint density at radius 1 is 1.25 bits per heavy atom. The Hall–Kier alpha value is -1.59. The summed E-state index contributed by atoms with van der Waals surface area (Å²) in [7, 11) is 3.78. The SMILES string of the molecule is COCCCN(C)CCCOc1cccc(C(=O)O)c1. The summed E-state index contributed by atoms with van der Waals surface area (Å²) in [5, 5.41) is 8.88. The molecular weight excluding hydrogens is 258 g/mol. The van der Waals surface area contributed by atoms with Crippen LogP contribution < -0.4 is 4.74 Å². The molecule has 1 aromatic carbocycles. The maximum absolute atomic E-state index is 10.8. The molecule has 0 saturated carbocycles. The molecule has 0 saturated heterocycles. The average Bonchev–Trinajstić information content (AvgIpc) is 2.44. The Bertz CT molecular complexity index is 409. The Kier molecular flexibility index (Phi) is 7.69. The predicted octanol–water partition coefficient (Wildman–Crippen LogP) is 2.12. The van der Waals surface area contributed by atoms with E-state index in [0.717, 1.165) is 32.5 Å². The van der Waals surface area contributed by atoms with Crippen LogP contribution in [0.2, 0.25) is 0 Å². The third-order valence-corrected chi connectivity index (χ3v) is 2.92. The van der Waals surface area contributed by atoms with E-state index in [1.807, 2.05) is 0 Å². The van der Waals surface area contributed by atoms with E-state index in [4.69, 9.17) is 14.6 Å². The first-order valence-electron chi connectivity index (χ1n) is 6.77. The van der Waals surface area contributed by atoms with Crippen molar-refractivity contribution in [2.24, 2.45) is 0 Å². The lowest BCUT2D eigenvalue weighted by Gasteiger charge is -2.16. The van der Waals surface area contributed by atoms with Gasteiger partial charge in [0.25, 0.3) is 0 Å². The fourth-order valence-corrected chi connectivity index (χ4v) is 1.83. The molecule has 0 aliphatic heterocycles. The number of carbonyl (C=O) groups is 1. The predicted molar refractivity (Wildman–Crippen MR) is 77.5 cm³/mol. The van der Waals surface area contributed by atoms with E-state index in [0.29, 0.717) is 12.4 Å². The largest absolute Gasteiger partial charge is 0.494 e. The molecule has 1 aromatic rings. The molecule has 5 heteroatoms. The zero-order chi connectivity index (χ0) is 14.8. The lowest BCUT2D eigenvalue weighted by molar-refractivity contribution is 0.0696. The molecule has 0 fully saturated rings. The molecule has 0 unspecified atom stereocenters. The van der Waals surface area contributed by atoms with Crippen molar-refractivity contribution in [1.29, 1.82) is 0 Å². The number of aromatic carboxylic acids is 1. The van der Waals surface area contributed by atoms with Gasteiger partial charge in [-0.05, 0) is 38.1 Å². The number of hydrogen-bond donors (Lipinski definition) is 1. The van der Waals surface area contributed by atoms with E-state index in [1.165, 1.54) is 0 Å². The van der Waals surface area contributed by atoms with Gasteiger partial charge in [0.05, 0.1) is 12.2 Å². The monoisotopic (exact) mass is 281 g/mol. The fourth-order valence-electron chi connectivity index (χ4n) is 1.83. The lowest BCUT2D eigenvalue weighted by Crippen LogP contribution is -2.23. The summed E-state index contributed by atoms with van der Waals surface area (Å²) < 4.78 is 10.6. The topological polar surface area (TPSA) is 59.0 Å². The molecule has 1 N–H and O–H groups in total. The van der Waals surface area contributed by atoms with E-state index >= 15 is 0 Å². The molecule has 112 valence electrons. The third kappa shape index (κ3) is 6.54. The van der Waals surface area contributed by atoms with Crippen LogP contribution in [0.4, 0.5) is 0 Å². The van der Waals surface area contributed by atoms with Gasteiger partial charge in [0, 0.05) is 26.8 Å². The van der Waals surface area contributed by atoms with Gasteiger partial charge in [0.2, 0.25) is 0 Å². The van der Waals surface area contributed by atoms with Crippen LogP contribution in [0.25, 0.3) is 0 Å². The summed E-state index contributed by atoms with van der Waals surface area (Å²) in [6, 6.07) is 6.56. The zero-order valence-corrected chi connectivity index (χ0v) is 12.2. The highest BCUT2D eigenvalue weighted by Crippen LogP contribution is 2.13. The van der Waals surface area contributed by atoms with Crippen molar-refractivity contribution in [2.45, 2.75) is 12.8 Å². The molecule has 0 atom stereocenters. The second kappa shape index (κ2) is 9.34. The molecular formula is C15H23NO4. The summed E-state index contributed by atoms with van der Waals surface area (Å²) in [6.45, 7) is 3.31. The molecule has 1 rings (SSSR count). The van der Waals surface area contributed by atoms with E-state index in [2.05, 4.69) is 11.9 Å². The number of nitrogens with zero attached hydrogens (tertiary/aromatic N) is 1. The Balaban J connectivity index is 2.20. The van der Waals surface area contributed by atoms with Crippen LogP contribution in [0.3, 0.4) is 0 Å². The molecule has 0 heterocycles. The highest BCUT2D eigenvalue weighted by molar-refractivity contribution is 5.87. The first-order valence-corrected chi connectivity index (χ1v) is 6.77. The number of ether oxygens (including phenoxy) is 2. The third-order valence-electron chi connectivity index (χ3n) is 2.92. The second-order valence-electron chi connectivity index (χ2n) is 4.68. The highest BCUT2D eigenvalue weighted by Gasteiger charge is 2.04. The standard InChI is InChI=1S/C15H23NO4/c1-16(8-4-10-19-2)9-5-11-20-14-7-3-6-13(12-14)15(17)18/h3,6-7,12H,4-5,8-11H2,1-2H3,(H,17,18). The van der Waals surface area contributed by atoms with Crippen molar-refractivity contribution in [3.63, 3.8) is 0 Å². The van der Waals surface area contributed by atoms with Gasteiger partial charge in [-0.15, -0.1) is 0 Å². The van der Waals surface area contributed by atoms with Crippen molar-refractivity contribution < 1.29 is 19.4 Å². The van der Waals surface area contributed by atoms with Crippen LogP contribution in [-0.2, 0) is 4.74 Å².